The van der Waals surface area contributed by atoms with Gasteiger partial charge >= 0.3 is 5.97 Å². The van der Waals surface area contributed by atoms with Gasteiger partial charge in [-0.25, -0.2) is 0 Å². The van der Waals surface area contributed by atoms with Gasteiger partial charge in [-0.3, -0.25) is 14.6 Å². The quantitative estimate of drug-likeness (QED) is 0.543. The lowest BCUT2D eigenvalue weighted by atomic mass is 9.47. The van der Waals surface area contributed by atoms with Crippen LogP contribution in [0.1, 0.15) is 57.6 Å². The van der Waals surface area contributed by atoms with E-state index >= 15 is 0 Å². The molecule has 1 aliphatic heterocycles. The fourth-order valence-corrected chi connectivity index (χ4v) is 8.00. The van der Waals surface area contributed by atoms with Crippen molar-refractivity contribution in [3.05, 3.63) is 42.2 Å². The maximum Gasteiger partial charge on any atom is 0.311 e. The molecule has 5 aliphatic rings. The molecule has 1 amide bonds. The van der Waals surface area contributed by atoms with E-state index in [0.717, 1.165) is 37.5 Å². The Morgan fingerprint density at radius 2 is 1.87 bits per heavy atom. The fraction of sp³-hybridized carbons (Fsp3) is 0.577. The second kappa shape index (κ2) is 6.30. The van der Waals surface area contributed by atoms with Crippen molar-refractivity contribution in [3.63, 3.8) is 0 Å². The molecular weight excluding hydrogens is 388 g/mol. The van der Waals surface area contributed by atoms with Crippen LogP contribution in [0.15, 0.2) is 36.7 Å². The van der Waals surface area contributed by atoms with E-state index in [9.17, 15) is 9.59 Å². The molecule has 6 atom stereocenters. The lowest BCUT2D eigenvalue weighted by Gasteiger charge is -2.66. The van der Waals surface area contributed by atoms with Crippen molar-refractivity contribution in [2.24, 2.45) is 28.6 Å². The van der Waals surface area contributed by atoms with E-state index in [1.807, 2.05) is 12.4 Å². The predicted molar refractivity (Wildman–Crippen MR) is 117 cm³/mol. The van der Waals surface area contributed by atoms with Crippen LogP contribution in [0.5, 0.6) is 0 Å². The number of amides is 1. The molecular formula is C26H30N2O3. The number of fused-ring (bicyclic) bond motifs is 1. The maximum absolute atomic E-state index is 13.5. The van der Waals surface area contributed by atoms with Gasteiger partial charge in [0.2, 0.25) is 5.91 Å². The molecule has 1 saturated heterocycles. The first-order valence-corrected chi connectivity index (χ1v) is 11.6. The summed E-state index contributed by atoms with van der Waals surface area (Å²) < 4.78 is 5.24. The molecule has 1 aromatic heterocycles. The molecule has 5 fully saturated rings. The minimum absolute atomic E-state index is 0.0290. The Hall–Kier alpha value is -2.43. The number of esters is 1. The Kier molecular flexibility index (Phi) is 3.92. The number of rotatable bonds is 3. The van der Waals surface area contributed by atoms with Gasteiger partial charge in [-0.2, -0.15) is 0 Å². The predicted octanol–water partition coefficient (Wildman–Crippen LogP) is 4.51. The fourth-order valence-electron chi connectivity index (χ4n) is 8.00. The average Bonchev–Trinajstić information content (AvgIpc) is 2.76. The molecule has 0 N–H and O–H groups in total. The van der Waals surface area contributed by atoms with Crippen LogP contribution in [-0.4, -0.2) is 34.9 Å². The van der Waals surface area contributed by atoms with Crippen molar-refractivity contribution in [1.29, 1.82) is 0 Å². The Balaban J connectivity index is 1.41. The Morgan fingerprint density at radius 3 is 2.58 bits per heavy atom. The first-order valence-electron chi connectivity index (χ1n) is 11.6. The Labute approximate surface area is 183 Å². The number of hydrogen-bond donors (Lipinski definition) is 0. The van der Waals surface area contributed by atoms with Crippen LogP contribution in [0.25, 0.3) is 10.8 Å². The Bertz CT molecular complexity index is 1070. The van der Waals surface area contributed by atoms with Gasteiger partial charge < -0.3 is 9.64 Å². The Morgan fingerprint density at radius 1 is 1.13 bits per heavy atom. The second-order valence-corrected chi connectivity index (χ2v) is 11.0. The number of β-lactam (4-membered cyclic amide) rings is 1. The zero-order valence-electron chi connectivity index (χ0n) is 18.5. The first-order chi connectivity index (χ1) is 14.9. The molecule has 7 rings (SSSR count). The van der Waals surface area contributed by atoms with E-state index in [1.165, 1.54) is 18.1 Å². The van der Waals surface area contributed by atoms with Crippen molar-refractivity contribution in [1.82, 2.24) is 9.88 Å². The van der Waals surface area contributed by atoms with Crippen molar-refractivity contribution < 1.29 is 14.3 Å². The van der Waals surface area contributed by atoms with Gasteiger partial charge in [0.05, 0.1) is 24.0 Å². The van der Waals surface area contributed by atoms with E-state index in [2.05, 4.69) is 48.0 Å². The number of carbonyl (C=O) groups excluding carboxylic acids is 2. The number of benzene rings is 1. The van der Waals surface area contributed by atoms with E-state index < -0.39 is 5.41 Å². The van der Waals surface area contributed by atoms with Gasteiger partial charge in [-0.1, -0.05) is 18.2 Å². The number of methoxy groups -OCH3 is 1. The number of hydrogen-bond acceptors (Lipinski definition) is 4. The van der Waals surface area contributed by atoms with Crippen LogP contribution in [0.4, 0.5) is 0 Å². The van der Waals surface area contributed by atoms with E-state index in [0.29, 0.717) is 17.8 Å². The number of pyridine rings is 1. The zero-order chi connectivity index (χ0) is 21.5. The van der Waals surface area contributed by atoms with Crippen LogP contribution < -0.4 is 0 Å². The van der Waals surface area contributed by atoms with Gasteiger partial charge in [0.25, 0.3) is 0 Å². The monoisotopic (exact) mass is 418 g/mol. The van der Waals surface area contributed by atoms with Crippen LogP contribution in [-0.2, 0) is 14.3 Å². The summed E-state index contributed by atoms with van der Waals surface area (Å²) in [6.07, 6.45) is 8.72. The summed E-state index contributed by atoms with van der Waals surface area (Å²) in [6.45, 7) is 4.17. The standard InChI is InChI=1S/C26H30N2O3/c1-25(2)22(20-6-4-5-16-14-27-8-7-19(16)20)28(23(25)29)21-17-9-15-10-18(21)13-26(11-15,12-17)24(30)31-3/h4-8,14-15,17-18,21-22H,9-13H2,1-3H3/t15?,17-,18?,21?,22?,26?/m0/s1. The lowest BCUT2D eigenvalue weighted by Crippen LogP contribution is -2.70. The molecule has 0 spiro atoms. The summed E-state index contributed by atoms with van der Waals surface area (Å²) in [4.78, 5) is 32.7. The van der Waals surface area contributed by atoms with Crippen LogP contribution in [0.2, 0.25) is 0 Å². The zero-order valence-corrected chi connectivity index (χ0v) is 18.5. The number of nitrogens with zero attached hydrogens (tertiary/aromatic N) is 2. The minimum Gasteiger partial charge on any atom is -0.469 e. The summed E-state index contributed by atoms with van der Waals surface area (Å²) in [5, 5.41) is 2.30. The summed E-state index contributed by atoms with van der Waals surface area (Å²) in [5.41, 5.74) is 0.485. The topological polar surface area (TPSA) is 59.5 Å². The van der Waals surface area contributed by atoms with Gasteiger partial charge in [0.1, 0.15) is 0 Å². The van der Waals surface area contributed by atoms with E-state index in [-0.39, 0.29) is 29.4 Å². The third kappa shape index (κ3) is 2.46. The molecule has 4 aliphatic carbocycles. The van der Waals surface area contributed by atoms with Crippen molar-refractivity contribution in [3.8, 4) is 0 Å². The summed E-state index contributed by atoms with van der Waals surface area (Å²) >= 11 is 0. The number of carbonyl (C=O) groups is 2. The van der Waals surface area contributed by atoms with Crippen LogP contribution in [0, 0.1) is 28.6 Å². The summed E-state index contributed by atoms with van der Waals surface area (Å²) in [7, 11) is 1.52. The molecule has 0 radical (unpaired) electrons. The lowest BCUT2D eigenvalue weighted by molar-refractivity contribution is -0.203. The maximum atomic E-state index is 13.5. The van der Waals surface area contributed by atoms with Crippen LogP contribution in [0.3, 0.4) is 0 Å². The number of likely N-dealkylation sites (tertiary alicyclic amines) is 1. The SMILES string of the molecule is COC(=O)C12CC3CC(C1)C(N1C(=O)C(C)(C)C1c1cccc4cnccc14)[C@@H](C3)C2. The number of aromatic nitrogens is 1. The highest BCUT2D eigenvalue weighted by Crippen LogP contribution is 2.65. The van der Waals surface area contributed by atoms with Gasteiger partial charge in [0, 0.05) is 23.8 Å². The normalized spacial score (nSPS) is 37.7. The highest BCUT2D eigenvalue weighted by atomic mass is 16.5. The van der Waals surface area contributed by atoms with E-state index in [1.54, 1.807) is 0 Å². The molecule has 2 aromatic rings. The van der Waals surface area contributed by atoms with Gasteiger partial charge in [0.15, 0.2) is 0 Å². The molecule has 1 aromatic carbocycles. The summed E-state index contributed by atoms with van der Waals surface area (Å²) in [5.74, 6) is 1.61. The second-order valence-electron chi connectivity index (χ2n) is 11.0. The largest absolute Gasteiger partial charge is 0.469 e. The molecule has 5 nitrogen and oxygen atoms in total. The molecule has 5 heteroatoms. The van der Waals surface area contributed by atoms with Crippen molar-refractivity contribution in [2.75, 3.05) is 7.11 Å². The molecule has 5 unspecified atom stereocenters. The van der Waals surface area contributed by atoms with E-state index in [4.69, 9.17) is 4.74 Å². The number of ether oxygens (including phenoxy) is 1. The van der Waals surface area contributed by atoms with Crippen LogP contribution >= 0.6 is 0 Å². The summed E-state index contributed by atoms with van der Waals surface area (Å²) in [6, 6.07) is 8.72. The molecule has 4 saturated carbocycles. The third-order valence-corrected chi connectivity index (χ3v) is 8.92. The smallest absolute Gasteiger partial charge is 0.311 e. The minimum atomic E-state index is -0.424. The molecule has 4 bridgehead atoms. The highest BCUT2D eigenvalue weighted by molar-refractivity contribution is 5.94. The van der Waals surface area contributed by atoms with Gasteiger partial charge in [-0.05, 0) is 80.7 Å². The van der Waals surface area contributed by atoms with Crippen molar-refractivity contribution in [2.45, 2.75) is 58.0 Å². The third-order valence-electron chi connectivity index (χ3n) is 8.92. The molecule has 162 valence electrons. The average molecular weight is 419 g/mol. The highest BCUT2D eigenvalue weighted by Gasteiger charge is 2.66. The first kappa shape index (κ1) is 19.3. The molecule has 2 heterocycles. The van der Waals surface area contributed by atoms with Gasteiger partial charge in [-0.15, -0.1) is 0 Å². The van der Waals surface area contributed by atoms with Crippen molar-refractivity contribution >= 4 is 22.6 Å². The molecule has 31 heavy (non-hydrogen) atoms.